The molecule has 2 N–H and O–H groups in total. The van der Waals surface area contributed by atoms with Crippen molar-refractivity contribution in [2.24, 2.45) is 7.05 Å². The molecule has 0 bridgehead atoms. The van der Waals surface area contributed by atoms with Crippen molar-refractivity contribution < 1.29 is 0 Å². The van der Waals surface area contributed by atoms with Crippen LogP contribution in [0.2, 0.25) is 5.02 Å². The van der Waals surface area contributed by atoms with Gasteiger partial charge < -0.3 is 9.55 Å². The summed E-state index contributed by atoms with van der Waals surface area (Å²) in [5, 5.41) is 1.20. The van der Waals surface area contributed by atoms with Crippen molar-refractivity contribution in [3.63, 3.8) is 0 Å². The molecule has 1 aromatic carbocycles. The summed E-state index contributed by atoms with van der Waals surface area (Å²) in [6.45, 7) is 2.11. The smallest absolute Gasteiger partial charge is 0.326 e. The number of aromatic nitrogens is 3. The maximum Gasteiger partial charge on any atom is 0.326 e. The maximum absolute atomic E-state index is 12.3. The van der Waals surface area contributed by atoms with Crippen molar-refractivity contribution in [1.29, 1.82) is 0 Å². The second-order valence-corrected chi connectivity index (χ2v) is 6.06. The third kappa shape index (κ3) is 2.72. The maximum atomic E-state index is 12.3. The Hall–Kier alpha value is -2.27. The van der Waals surface area contributed by atoms with E-state index in [4.69, 9.17) is 11.6 Å². The van der Waals surface area contributed by atoms with E-state index in [1.807, 2.05) is 23.7 Å². The molecule has 0 spiro atoms. The van der Waals surface area contributed by atoms with Crippen LogP contribution < -0.4 is 11.2 Å². The van der Waals surface area contributed by atoms with Gasteiger partial charge in [0.2, 0.25) is 0 Å². The van der Waals surface area contributed by atoms with Gasteiger partial charge in [0.1, 0.15) is 0 Å². The van der Waals surface area contributed by atoms with Gasteiger partial charge in [0, 0.05) is 23.3 Å². The van der Waals surface area contributed by atoms with Crippen LogP contribution in [0.15, 0.2) is 33.9 Å². The average molecular weight is 332 g/mol. The number of halogens is 1. The van der Waals surface area contributed by atoms with Gasteiger partial charge in [-0.15, -0.1) is 0 Å². The number of hydrogen-bond donors (Lipinski definition) is 2. The molecule has 5 nitrogen and oxygen atoms in total. The van der Waals surface area contributed by atoms with Crippen LogP contribution in [0.1, 0.15) is 25.5 Å². The largest absolute Gasteiger partial charge is 0.345 e. The lowest BCUT2D eigenvalue weighted by atomic mass is 10.1. The number of aromatic amines is 2. The molecule has 0 aliphatic heterocycles. The van der Waals surface area contributed by atoms with Crippen molar-refractivity contribution in [3.8, 4) is 11.3 Å². The molecule has 3 rings (SSSR count). The molecule has 6 heteroatoms. The van der Waals surface area contributed by atoms with Crippen LogP contribution in [-0.2, 0) is 13.5 Å². The lowest BCUT2D eigenvalue weighted by Crippen LogP contribution is -2.21. The first-order chi connectivity index (χ1) is 11.0. The number of fused-ring (bicyclic) bond motifs is 1. The van der Waals surface area contributed by atoms with Gasteiger partial charge in [-0.1, -0.05) is 37.1 Å². The van der Waals surface area contributed by atoms with Crippen LogP contribution in [0.4, 0.5) is 0 Å². The predicted octanol–water partition coefficient (Wildman–Crippen LogP) is 3.22. The van der Waals surface area contributed by atoms with Crippen LogP contribution in [0.5, 0.6) is 0 Å². The van der Waals surface area contributed by atoms with Crippen molar-refractivity contribution in [3.05, 3.63) is 55.8 Å². The molecule has 0 atom stereocenters. The number of unbranched alkanes of at least 4 members (excludes halogenated alkanes) is 1. The summed E-state index contributed by atoms with van der Waals surface area (Å²) in [5.41, 5.74) is 2.41. The highest BCUT2D eigenvalue weighted by Gasteiger charge is 2.19. The fourth-order valence-corrected chi connectivity index (χ4v) is 3.12. The summed E-state index contributed by atoms with van der Waals surface area (Å²) in [5.74, 6) is 0. The molecule has 0 saturated heterocycles. The zero-order valence-corrected chi connectivity index (χ0v) is 13.8. The minimum atomic E-state index is -0.495. The summed E-state index contributed by atoms with van der Waals surface area (Å²) < 4.78 is 1.99. The van der Waals surface area contributed by atoms with Gasteiger partial charge in [0.15, 0.2) is 0 Å². The van der Waals surface area contributed by atoms with Gasteiger partial charge in [-0.3, -0.25) is 9.78 Å². The molecule has 2 aromatic heterocycles. The SMILES string of the molecule is CCCCc1c2c(=O)[nH]c(=O)[nH]c2c(-c2ccc(Cl)cc2)n1C. The van der Waals surface area contributed by atoms with Crippen LogP contribution in [-0.4, -0.2) is 14.5 Å². The zero-order chi connectivity index (χ0) is 16.6. The quantitative estimate of drug-likeness (QED) is 0.770. The third-order valence-corrected chi connectivity index (χ3v) is 4.35. The van der Waals surface area contributed by atoms with Gasteiger partial charge >= 0.3 is 5.69 Å². The number of rotatable bonds is 4. The Morgan fingerprint density at radius 2 is 1.83 bits per heavy atom. The Bertz CT molecular complexity index is 964. The standard InChI is InChI=1S/C17H18ClN3O2/c1-3-4-5-12-13-14(19-17(23)20-16(13)22)15(21(12)2)10-6-8-11(18)9-7-10/h6-9H,3-5H2,1-2H3,(H2,19,20,22,23). The highest BCUT2D eigenvalue weighted by molar-refractivity contribution is 6.30. The topological polar surface area (TPSA) is 70.7 Å². The zero-order valence-electron chi connectivity index (χ0n) is 13.1. The lowest BCUT2D eigenvalue weighted by Gasteiger charge is -2.07. The van der Waals surface area contributed by atoms with Gasteiger partial charge in [0.05, 0.1) is 16.6 Å². The van der Waals surface area contributed by atoms with Crippen molar-refractivity contribution in [2.75, 3.05) is 0 Å². The molecule has 0 unspecified atom stereocenters. The Morgan fingerprint density at radius 3 is 2.48 bits per heavy atom. The molecular weight excluding hydrogens is 314 g/mol. The van der Waals surface area contributed by atoms with E-state index in [1.54, 1.807) is 12.1 Å². The van der Waals surface area contributed by atoms with Gasteiger partial charge in [0.25, 0.3) is 5.56 Å². The van der Waals surface area contributed by atoms with Gasteiger partial charge in [-0.05, 0) is 25.0 Å². The average Bonchev–Trinajstić information content (AvgIpc) is 2.78. The first-order valence-corrected chi connectivity index (χ1v) is 8.00. The van der Waals surface area contributed by atoms with E-state index in [0.717, 1.165) is 36.2 Å². The molecule has 0 aliphatic rings. The molecule has 23 heavy (non-hydrogen) atoms. The summed E-state index contributed by atoms with van der Waals surface area (Å²) in [7, 11) is 1.92. The molecule has 3 aromatic rings. The molecule has 0 saturated carbocycles. The van der Waals surface area contributed by atoms with Crippen LogP contribution in [0, 0.1) is 0 Å². The van der Waals surface area contributed by atoms with Crippen molar-refractivity contribution in [2.45, 2.75) is 26.2 Å². The predicted molar refractivity (Wildman–Crippen MR) is 93.2 cm³/mol. The Morgan fingerprint density at radius 1 is 1.13 bits per heavy atom. The molecular formula is C17H18ClN3O2. The fourth-order valence-electron chi connectivity index (χ4n) is 2.99. The number of benzene rings is 1. The van der Waals surface area contributed by atoms with E-state index in [0.29, 0.717) is 15.9 Å². The van der Waals surface area contributed by atoms with E-state index in [2.05, 4.69) is 16.9 Å². The van der Waals surface area contributed by atoms with Crippen LogP contribution in [0.25, 0.3) is 22.2 Å². The van der Waals surface area contributed by atoms with E-state index in [9.17, 15) is 9.59 Å². The van der Waals surface area contributed by atoms with E-state index >= 15 is 0 Å². The molecule has 2 heterocycles. The third-order valence-electron chi connectivity index (χ3n) is 4.09. The van der Waals surface area contributed by atoms with E-state index in [1.165, 1.54) is 0 Å². The number of nitrogens with zero attached hydrogens (tertiary/aromatic N) is 1. The minimum absolute atomic E-state index is 0.342. The Kier molecular flexibility index (Phi) is 4.13. The Balaban J connectivity index is 2.37. The molecule has 0 radical (unpaired) electrons. The Labute approximate surface area is 137 Å². The number of nitrogens with one attached hydrogen (secondary N) is 2. The minimum Gasteiger partial charge on any atom is -0.345 e. The fraction of sp³-hybridized carbons (Fsp3) is 0.294. The lowest BCUT2D eigenvalue weighted by molar-refractivity contribution is 0.740. The molecule has 0 amide bonds. The van der Waals surface area contributed by atoms with E-state index in [-0.39, 0.29) is 5.56 Å². The molecule has 120 valence electrons. The molecule has 0 aliphatic carbocycles. The second kappa shape index (κ2) is 6.08. The number of hydrogen-bond acceptors (Lipinski definition) is 2. The number of H-pyrrole nitrogens is 2. The van der Waals surface area contributed by atoms with Crippen LogP contribution >= 0.6 is 11.6 Å². The highest BCUT2D eigenvalue weighted by atomic mass is 35.5. The van der Waals surface area contributed by atoms with Crippen molar-refractivity contribution in [1.82, 2.24) is 14.5 Å². The van der Waals surface area contributed by atoms with E-state index < -0.39 is 5.69 Å². The second-order valence-electron chi connectivity index (χ2n) is 5.62. The summed E-state index contributed by atoms with van der Waals surface area (Å²) in [4.78, 5) is 29.2. The van der Waals surface area contributed by atoms with Crippen LogP contribution in [0.3, 0.4) is 0 Å². The summed E-state index contributed by atoms with van der Waals surface area (Å²) >= 11 is 5.96. The van der Waals surface area contributed by atoms with Gasteiger partial charge in [-0.25, -0.2) is 4.79 Å². The molecule has 0 fully saturated rings. The summed E-state index contributed by atoms with van der Waals surface area (Å²) in [6, 6.07) is 7.37. The normalized spacial score (nSPS) is 11.3. The monoisotopic (exact) mass is 331 g/mol. The highest BCUT2D eigenvalue weighted by Crippen LogP contribution is 2.31. The number of aryl methyl sites for hydroxylation is 1. The summed E-state index contributed by atoms with van der Waals surface area (Å²) in [6.07, 6.45) is 2.79. The van der Waals surface area contributed by atoms with Crippen molar-refractivity contribution >= 4 is 22.5 Å². The first kappa shape index (κ1) is 15.6. The van der Waals surface area contributed by atoms with Gasteiger partial charge in [-0.2, -0.15) is 0 Å². The first-order valence-electron chi connectivity index (χ1n) is 7.62.